The van der Waals surface area contributed by atoms with Crippen molar-refractivity contribution < 1.29 is 0 Å². The van der Waals surface area contributed by atoms with E-state index in [4.69, 9.17) is 0 Å². The molecular formula is C37H25N3. The van der Waals surface area contributed by atoms with Gasteiger partial charge in [0, 0.05) is 61.8 Å². The summed E-state index contributed by atoms with van der Waals surface area (Å²) in [4.78, 5) is 0. The molecule has 0 bridgehead atoms. The molecule has 0 amide bonds. The van der Waals surface area contributed by atoms with Gasteiger partial charge in [0.1, 0.15) is 0 Å². The maximum absolute atomic E-state index is 2.48. The highest BCUT2D eigenvalue weighted by Gasteiger charge is 2.21. The zero-order chi connectivity index (χ0) is 26.4. The molecule has 0 aliphatic heterocycles. The average Bonchev–Trinajstić information content (AvgIpc) is 3.63. The summed E-state index contributed by atoms with van der Waals surface area (Å²) >= 11 is 0. The van der Waals surface area contributed by atoms with Crippen LogP contribution in [0.3, 0.4) is 0 Å². The van der Waals surface area contributed by atoms with E-state index in [1.807, 2.05) is 0 Å². The molecule has 9 rings (SSSR count). The van der Waals surface area contributed by atoms with Crippen LogP contribution in [0.15, 0.2) is 133 Å². The summed E-state index contributed by atoms with van der Waals surface area (Å²) in [5.41, 5.74) is 9.77. The van der Waals surface area contributed by atoms with Crippen molar-refractivity contribution in [1.82, 2.24) is 13.7 Å². The van der Waals surface area contributed by atoms with Gasteiger partial charge in [0.25, 0.3) is 0 Å². The lowest BCUT2D eigenvalue weighted by Crippen LogP contribution is -1.95. The SMILES string of the molecule is Cn1c2ccccc2c2cc(-n3c4ccccc4c4ccc5c(c6ccccc6n5-c5ccccc5)c43)ccc21. The minimum Gasteiger partial charge on any atom is -0.344 e. The second-order valence-corrected chi connectivity index (χ2v) is 10.7. The molecule has 3 nitrogen and oxygen atoms in total. The Morgan fingerprint density at radius 3 is 1.73 bits per heavy atom. The molecule has 0 fully saturated rings. The van der Waals surface area contributed by atoms with E-state index in [1.54, 1.807) is 0 Å². The number of nitrogens with zero attached hydrogens (tertiary/aromatic N) is 3. The Kier molecular flexibility index (Phi) is 4.26. The maximum Gasteiger partial charge on any atom is 0.0641 e. The number of para-hydroxylation sites is 4. The zero-order valence-corrected chi connectivity index (χ0v) is 22.0. The van der Waals surface area contributed by atoms with Gasteiger partial charge in [-0.05, 0) is 54.6 Å². The molecule has 3 heterocycles. The predicted molar refractivity (Wildman–Crippen MR) is 169 cm³/mol. The van der Waals surface area contributed by atoms with Crippen molar-refractivity contribution in [2.75, 3.05) is 0 Å². The van der Waals surface area contributed by atoms with Crippen LogP contribution in [0.2, 0.25) is 0 Å². The molecule has 0 aliphatic carbocycles. The monoisotopic (exact) mass is 511 g/mol. The average molecular weight is 512 g/mol. The Hall–Kier alpha value is -5.28. The Balaban J connectivity index is 1.49. The van der Waals surface area contributed by atoms with Crippen LogP contribution in [0, 0.1) is 0 Å². The first-order valence-electron chi connectivity index (χ1n) is 13.8. The normalized spacial score (nSPS) is 12.1. The highest BCUT2D eigenvalue weighted by atomic mass is 15.0. The Morgan fingerprint density at radius 2 is 0.950 bits per heavy atom. The minimum atomic E-state index is 1.17. The Labute approximate surface area is 230 Å². The topological polar surface area (TPSA) is 14.8 Å². The van der Waals surface area contributed by atoms with E-state index in [2.05, 4.69) is 154 Å². The molecule has 0 N–H and O–H groups in total. The predicted octanol–water partition coefficient (Wildman–Crippen LogP) is 9.53. The molecule has 0 spiro atoms. The van der Waals surface area contributed by atoms with Gasteiger partial charge in [0.2, 0.25) is 0 Å². The van der Waals surface area contributed by atoms with E-state index in [0.717, 1.165) is 0 Å². The van der Waals surface area contributed by atoms with Crippen molar-refractivity contribution in [3.05, 3.63) is 133 Å². The minimum absolute atomic E-state index is 1.17. The number of aromatic nitrogens is 3. The lowest BCUT2D eigenvalue weighted by molar-refractivity contribution is 1.01. The van der Waals surface area contributed by atoms with Crippen LogP contribution in [0.5, 0.6) is 0 Å². The number of aryl methyl sites for hydroxylation is 1. The van der Waals surface area contributed by atoms with Gasteiger partial charge in [-0.2, -0.15) is 0 Å². The third-order valence-corrected chi connectivity index (χ3v) is 8.64. The van der Waals surface area contributed by atoms with E-state index in [-0.39, 0.29) is 0 Å². The molecule has 188 valence electrons. The van der Waals surface area contributed by atoms with Gasteiger partial charge in [0.05, 0.1) is 22.1 Å². The lowest BCUT2D eigenvalue weighted by Gasteiger charge is -2.11. The van der Waals surface area contributed by atoms with Crippen molar-refractivity contribution in [3.8, 4) is 11.4 Å². The van der Waals surface area contributed by atoms with E-state index < -0.39 is 0 Å². The lowest BCUT2D eigenvalue weighted by atomic mass is 10.1. The van der Waals surface area contributed by atoms with Crippen molar-refractivity contribution in [2.24, 2.45) is 7.05 Å². The number of fused-ring (bicyclic) bond motifs is 10. The standard InChI is InChI=1S/C37H25N3/c1-38-31-16-8-5-14-27(31)30-23-25(19-21-32(30)38)40-33-17-9-6-13-26(33)28-20-22-35-36(37(28)40)29-15-7-10-18-34(29)39(35)24-11-3-2-4-12-24/h2-23H,1H3. The summed E-state index contributed by atoms with van der Waals surface area (Å²) in [7, 11) is 2.16. The molecule has 40 heavy (non-hydrogen) atoms. The molecule has 0 saturated heterocycles. The van der Waals surface area contributed by atoms with Crippen LogP contribution in [0.4, 0.5) is 0 Å². The molecule has 0 unspecified atom stereocenters. The van der Waals surface area contributed by atoms with E-state index in [0.29, 0.717) is 0 Å². The molecule has 6 aromatic carbocycles. The van der Waals surface area contributed by atoms with Gasteiger partial charge in [0.15, 0.2) is 0 Å². The van der Waals surface area contributed by atoms with Crippen molar-refractivity contribution in [1.29, 1.82) is 0 Å². The van der Waals surface area contributed by atoms with E-state index >= 15 is 0 Å². The first kappa shape index (κ1) is 21.6. The number of hydrogen-bond acceptors (Lipinski definition) is 0. The molecule has 9 aromatic rings. The van der Waals surface area contributed by atoms with Crippen LogP contribution in [0.25, 0.3) is 76.8 Å². The van der Waals surface area contributed by atoms with Gasteiger partial charge in [-0.15, -0.1) is 0 Å². The number of hydrogen-bond donors (Lipinski definition) is 0. The smallest absolute Gasteiger partial charge is 0.0641 e. The van der Waals surface area contributed by atoms with Crippen LogP contribution < -0.4 is 0 Å². The van der Waals surface area contributed by atoms with Crippen LogP contribution in [0.1, 0.15) is 0 Å². The van der Waals surface area contributed by atoms with Crippen molar-refractivity contribution in [2.45, 2.75) is 0 Å². The fourth-order valence-electron chi connectivity index (χ4n) is 6.93. The Morgan fingerprint density at radius 1 is 0.375 bits per heavy atom. The molecule has 3 heteroatoms. The molecule has 0 aliphatic rings. The second-order valence-electron chi connectivity index (χ2n) is 10.7. The molecule has 3 aromatic heterocycles. The largest absolute Gasteiger partial charge is 0.344 e. The summed E-state index contributed by atoms with van der Waals surface area (Å²) in [5.74, 6) is 0. The first-order chi connectivity index (χ1) is 19.8. The van der Waals surface area contributed by atoms with E-state index in [9.17, 15) is 0 Å². The third-order valence-electron chi connectivity index (χ3n) is 8.64. The second kappa shape index (κ2) is 7.87. The summed E-state index contributed by atoms with van der Waals surface area (Å²) in [5, 5.41) is 7.66. The molecule has 0 atom stereocenters. The zero-order valence-electron chi connectivity index (χ0n) is 22.0. The fourth-order valence-corrected chi connectivity index (χ4v) is 6.93. The maximum atomic E-state index is 2.48. The van der Waals surface area contributed by atoms with E-state index in [1.165, 1.54) is 76.8 Å². The quantitative estimate of drug-likeness (QED) is 0.219. The third kappa shape index (κ3) is 2.73. The van der Waals surface area contributed by atoms with Gasteiger partial charge in [-0.1, -0.05) is 78.9 Å². The van der Waals surface area contributed by atoms with Gasteiger partial charge in [-0.3, -0.25) is 0 Å². The highest BCUT2D eigenvalue weighted by Crippen LogP contribution is 2.42. The molecular weight excluding hydrogens is 486 g/mol. The summed E-state index contributed by atoms with van der Waals surface area (Å²) in [6.07, 6.45) is 0. The molecule has 0 radical (unpaired) electrons. The summed E-state index contributed by atoms with van der Waals surface area (Å²) in [6.45, 7) is 0. The van der Waals surface area contributed by atoms with Gasteiger partial charge < -0.3 is 13.7 Å². The summed E-state index contributed by atoms with van der Waals surface area (Å²) < 4.78 is 7.18. The van der Waals surface area contributed by atoms with Crippen LogP contribution in [-0.2, 0) is 7.05 Å². The highest BCUT2D eigenvalue weighted by molar-refractivity contribution is 6.26. The van der Waals surface area contributed by atoms with Crippen molar-refractivity contribution >= 4 is 65.4 Å². The number of rotatable bonds is 2. The Bertz CT molecular complexity index is 2430. The van der Waals surface area contributed by atoms with Gasteiger partial charge >= 0.3 is 0 Å². The van der Waals surface area contributed by atoms with Crippen LogP contribution in [-0.4, -0.2) is 13.7 Å². The molecule has 0 saturated carbocycles. The number of benzene rings is 6. The van der Waals surface area contributed by atoms with Gasteiger partial charge in [-0.25, -0.2) is 0 Å². The summed E-state index contributed by atoms with van der Waals surface area (Å²) in [6, 6.07) is 48.6. The van der Waals surface area contributed by atoms with Crippen LogP contribution >= 0.6 is 0 Å². The first-order valence-corrected chi connectivity index (χ1v) is 13.8. The van der Waals surface area contributed by atoms with Crippen molar-refractivity contribution in [3.63, 3.8) is 0 Å². The fraction of sp³-hybridized carbons (Fsp3) is 0.0270.